The average Bonchev–Trinajstić information content (AvgIpc) is 2.85. The molecule has 0 fully saturated rings. The van der Waals surface area contributed by atoms with Gasteiger partial charge >= 0.3 is 5.97 Å². The largest absolute Gasteiger partial charge is 0.480 e. The fraction of sp³-hybridized carbons (Fsp3) is 0.250. The number of carboxylic acids is 1. The summed E-state index contributed by atoms with van der Waals surface area (Å²) in [5, 5.41) is 15.1. The van der Waals surface area contributed by atoms with E-state index in [9.17, 15) is 9.18 Å². The van der Waals surface area contributed by atoms with Crippen LogP contribution in [-0.2, 0) is 11.3 Å². The molecule has 1 aromatic heterocycles. The molecule has 1 unspecified atom stereocenters. The van der Waals surface area contributed by atoms with Gasteiger partial charge in [-0.2, -0.15) is 4.98 Å². The van der Waals surface area contributed by atoms with E-state index in [1.807, 2.05) is 0 Å². The van der Waals surface area contributed by atoms with Crippen LogP contribution in [0.25, 0.3) is 11.5 Å². The van der Waals surface area contributed by atoms with Gasteiger partial charge in [-0.15, -0.1) is 0 Å². The van der Waals surface area contributed by atoms with E-state index in [1.54, 1.807) is 0 Å². The maximum atomic E-state index is 12.8. The van der Waals surface area contributed by atoms with Crippen molar-refractivity contribution in [2.45, 2.75) is 19.5 Å². The van der Waals surface area contributed by atoms with Crippen molar-refractivity contribution in [3.05, 3.63) is 35.9 Å². The SMILES string of the molecule is CC(NCc1noc(-c2ccc(F)cc2)n1)C(=O)O. The van der Waals surface area contributed by atoms with Crippen molar-refractivity contribution in [2.75, 3.05) is 0 Å². The summed E-state index contributed by atoms with van der Waals surface area (Å²) < 4.78 is 17.8. The number of carboxylic acid groups (broad SMARTS) is 1. The number of rotatable bonds is 5. The number of nitrogens with zero attached hydrogens (tertiary/aromatic N) is 2. The van der Waals surface area contributed by atoms with Gasteiger partial charge in [0.15, 0.2) is 5.82 Å². The predicted molar refractivity (Wildman–Crippen MR) is 63.6 cm³/mol. The third-order valence-electron chi connectivity index (χ3n) is 2.50. The first-order valence-electron chi connectivity index (χ1n) is 5.61. The van der Waals surface area contributed by atoms with E-state index < -0.39 is 12.0 Å². The number of aromatic nitrogens is 2. The highest BCUT2D eigenvalue weighted by Gasteiger charge is 2.13. The van der Waals surface area contributed by atoms with Gasteiger partial charge in [-0.1, -0.05) is 5.16 Å². The summed E-state index contributed by atoms with van der Waals surface area (Å²) >= 11 is 0. The maximum absolute atomic E-state index is 12.8. The Morgan fingerprint density at radius 1 is 1.47 bits per heavy atom. The van der Waals surface area contributed by atoms with Crippen LogP contribution in [0, 0.1) is 5.82 Å². The van der Waals surface area contributed by atoms with Crippen LogP contribution in [0.5, 0.6) is 0 Å². The van der Waals surface area contributed by atoms with Gasteiger partial charge in [0.05, 0.1) is 6.54 Å². The molecule has 0 saturated carbocycles. The van der Waals surface area contributed by atoms with Crippen LogP contribution in [0.15, 0.2) is 28.8 Å². The molecule has 0 saturated heterocycles. The number of halogens is 1. The minimum atomic E-state index is -0.956. The van der Waals surface area contributed by atoms with Gasteiger partial charge in [-0.25, -0.2) is 4.39 Å². The molecule has 0 aliphatic heterocycles. The molecule has 1 aromatic carbocycles. The number of benzene rings is 1. The van der Waals surface area contributed by atoms with Crippen LogP contribution in [0.1, 0.15) is 12.7 Å². The average molecular weight is 265 g/mol. The highest BCUT2D eigenvalue weighted by atomic mass is 19.1. The van der Waals surface area contributed by atoms with E-state index in [2.05, 4.69) is 15.5 Å². The van der Waals surface area contributed by atoms with Gasteiger partial charge in [0.1, 0.15) is 11.9 Å². The Hall–Kier alpha value is -2.28. The monoisotopic (exact) mass is 265 g/mol. The third-order valence-corrected chi connectivity index (χ3v) is 2.50. The molecular formula is C12H12FN3O3. The fourth-order valence-corrected chi connectivity index (χ4v) is 1.37. The van der Waals surface area contributed by atoms with Crippen molar-refractivity contribution < 1.29 is 18.8 Å². The van der Waals surface area contributed by atoms with E-state index in [0.29, 0.717) is 11.4 Å². The Kier molecular flexibility index (Phi) is 3.86. The third kappa shape index (κ3) is 3.35. The lowest BCUT2D eigenvalue weighted by atomic mass is 10.2. The molecular weight excluding hydrogens is 253 g/mol. The van der Waals surface area contributed by atoms with Gasteiger partial charge in [-0.3, -0.25) is 10.1 Å². The molecule has 100 valence electrons. The van der Waals surface area contributed by atoms with E-state index in [1.165, 1.54) is 31.2 Å². The van der Waals surface area contributed by atoms with Crippen LogP contribution < -0.4 is 5.32 Å². The molecule has 2 N–H and O–H groups in total. The smallest absolute Gasteiger partial charge is 0.320 e. The highest BCUT2D eigenvalue weighted by Crippen LogP contribution is 2.17. The number of aliphatic carboxylic acids is 1. The first kappa shape index (κ1) is 13.2. The molecule has 0 spiro atoms. The number of hydrogen-bond donors (Lipinski definition) is 2. The molecule has 0 aliphatic carbocycles. The van der Waals surface area contributed by atoms with E-state index in [0.717, 1.165) is 0 Å². The first-order chi connectivity index (χ1) is 9.06. The quantitative estimate of drug-likeness (QED) is 0.850. The van der Waals surface area contributed by atoms with Crippen molar-refractivity contribution in [1.29, 1.82) is 0 Å². The van der Waals surface area contributed by atoms with E-state index in [-0.39, 0.29) is 18.3 Å². The van der Waals surface area contributed by atoms with Crippen LogP contribution in [0.3, 0.4) is 0 Å². The van der Waals surface area contributed by atoms with E-state index >= 15 is 0 Å². The lowest BCUT2D eigenvalue weighted by Gasteiger charge is -2.05. The van der Waals surface area contributed by atoms with Crippen LogP contribution >= 0.6 is 0 Å². The lowest BCUT2D eigenvalue weighted by Crippen LogP contribution is -2.33. The van der Waals surface area contributed by atoms with Gasteiger partial charge in [-0.05, 0) is 31.2 Å². The second kappa shape index (κ2) is 5.57. The molecule has 19 heavy (non-hydrogen) atoms. The Morgan fingerprint density at radius 3 is 2.79 bits per heavy atom. The minimum Gasteiger partial charge on any atom is -0.480 e. The van der Waals surface area contributed by atoms with Crippen LogP contribution in [-0.4, -0.2) is 27.3 Å². The standard InChI is InChI=1S/C12H12FN3O3/c1-7(12(17)18)14-6-10-15-11(19-16-10)8-2-4-9(13)5-3-8/h2-5,7,14H,6H2,1H3,(H,17,18). The van der Waals surface area contributed by atoms with Crippen molar-refractivity contribution in [2.24, 2.45) is 0 Å². The van der Waals surface area contributed by atoms with Crippen molar-refractivity contribution in [3.8, 4) is 11.5 Å². The molecule has 1 heterocycles. The van der Waals surface area contributed by atoms with Crippen molar-refractivity contribution in [1.82, 2.24) is 15.5 Å². The summed E-state index contributed by atoms with van der Waals surface area (Å²) in [7, 11) is 0. The summed E-state index contributed by atoms with van der Waals surface area (Å²) in [6, 6.07) is 4.95. The first-order valence-corrected chi connectivity index (χ1v) is 5.61. The topological polar surface area (TPSA) is 88.3 Å². The summed E-state index contributed by atoms with van der Waals surface area (Å²) in [6.07, 6.45) is 0. The number of carbonyl (C=O) groups is 1. The predicted octanol–water partition coefficient (Wildman–Crippen LogP) is 1.44. The second-order valence-corrected chi connectivity index (χ2v) is 3.96. The molecule has 2 rings (SSSR count). The summed E-state index contributed by atoms with van der Waals surface area (Å²) in [5.74, 6) is -0.699. The fourth-order valence-electron chi connectivity index (χ4n) is 1.37. The zero-order valence-corrected chi connectivity index (χ0v) is 10.1. The van der Waals surface area contributed by atoms with E-state index in [4.69, 9.17) is 9.63 Å². The highest BCUT2D eigenvalue weighted by molar-refractivity contribution is 5.72. The van der Waals surface area contributed by atoms with Gasteiger partial charge in [0, 0.05) is 5.56 Å². The van der Waals surface area contributed by atoms with Crippen molar-refractivity contribution >= 4 is 5.97 Å². The number of nitrogens with one attached hydrogen (secondary N) is 1. The molecule has 7 heteroatoms. The summed E-state index contributed by atoms with van der Waals surface area (Å²) in [6.45, 7) is 1.70. The lowest BCUT2D eigenvalue weighted by molar-refractivity contribution is -0.139. The van der Waals surface area contributed by atoms with Crippen LogP contribution in [0.2, 0.25) is 0 Å². The molecule has 0 radical (unpaired) electrons. The molecule has 1 atom stereocenters. The molecule has 6 nitrogen and oxygen atoms in total. The van der Waals surface area contributed by atoms with Gasteiger partial charge < -0.3 is 9.63 Å². The molecule has 0 bridgehead atoms. The Balaban J connectivity index is 2.03. The minimum absolute atomic E-state index is 0.179. The number of hydrogen-bond acceptors (Lipinski definition) is 5. The zero-order valence-electron chi connectivity index (χ0n) is 10.1. The normalized spacial score (nSPS) is 12.3. The van der Waals surface area contributed by atoms with Gasteiger partial charge in [0.25, 0.3) is 5.89 Å². The molecule has 0 amide bonds. The summed E-state index contributed by atoms with van der Waals surface area (Å²) in [4.78, 5) is 14.7. The molecule has 0 aliphatic rings. The molecule has 2 aromatic rings. The maximum Gasteiger partial charge on any atom is 0.320 e. The zero-order chi connectivity index (χ0) is 13.8. The Morgan fingerprint density at radius 2 is 2.16 bits per heavy atom. The summed E-state index contributed by atoms with van der Waals surface area (Å²) in [5.41, 5.74) is 0.603. The van der Waals surface area contributed by atoms with Gasteiger partial charge in [0.2, 0.25) is 0 Å². The van der Waals surface area contributed by atoms with Crippen LogP contribution in [0.4, 0.5) is 4.39 Å². The Labute approximate surface area is 108 Å². The van der Waals surface area contributed by atoms with Crippen molar-refractivity contribution in [3.63, 3.8) is 0 Å². The second-order valence-electron chi connectivity index (χ2n) is 3.96. The Bertz CT molecular complexity index is 568.